The molecule has 3 rings (SSSR count). The number of fused-ring (bicyclic) bond motifs is 1. The number of benzene rings is 2. The third-order valence-electron chi connectivity index (χ3n) is 4.97. The van der Waals surface area contributed by atoms with E-state index in [0.29, 0.717) is 17.1 Å². The lowest BCUT2D eigenvalue weighted by atomic mass is 10.2. The smallest absolute Gasteiger partial charge is 0.325 e. The number of nitrogens with zero attached hydrogens (tertiary/aromatic N) is 1. The van der Waals surface area contributed by atoms with Gasteiger partial charge in [-0.1, -0.05) is 0 Å². The van der Waals surface area contributed by atoms with Gasteiger partial charge in [0, 0.05) is 29.9 Å². The van der Waals surface area contributed by atoms with Crippen molar-refractivity contribution in [2.75, 3.05) is 37.9 Å². The van der Waals surface area contributed by atoms with Crippen LogP contribution in [0.2, 0.25) is 0 Å². The molecule has 0 spiro atoms. The number of hydrogen-bond donors (Lipinski definition) is 3. The zero-order valence-electron chi connectivity index (χ0n) is 18.9. The first-order valence-corrected chi connectivity index (χ1v) is 10.7. The molecule has 0 aliphatic carbocycles. The highest BCUT2D eigenvalue weighted by atomic mass is 16.7. The lowest BCUT2D eigenvalue weighted by Crippen LogP contribution is -2.44. The quantitative estimate of drug-likeness (QED) is 0.365. The van der Waals surface area contributed by atoms with Crippen molar-refractivity contribution in [1.82, 2.24) is 16.2 Å². The van der Waals surface area contributed by atoms with Crippen LogP contribution in [-0.4, -0.2) is 56.7 Å². The van der Waals surface area contributed by atoms with Crippen LogP contribution in [0.4, 0.5) is 5.69 Å². The third-order valence-corrected chi connectivity index (χ3v) is 4.97. The Morgan fingerprint density at radius 1 is 0.882 bits per heavy atom. The van der Waals surface area contributed by atoms with Gasteiger partial charge in [0.15, 0.2) is 18.1 Å². The van der Waals surface area contributed by atoms with Crippen LogP contribution in [-0.2, 0) is 14.3 Å². The van der Waals surface area contributed by atoms with Gasteiger partial charge in [0.2, 0.25) is 6.79 Å². The monoisotopic (exact) mass is 470 g/mol. The van der Waals surface area contributed by atoms with E-state index in [0.717, 1.165) is 18.8 Å². The fourth-order valence-corrected chi connectivity index (χ4v) is 3.14. The van der Waals surface area contributed by atoms with Gasteiger partial charge in [0.25, 0.3) is 17.7 Å². The minimum Gasteiger partial charge on any atom is -0.454 e. The van der Waals surface area contributed by atoms with Gasteiger partial charge >= 0.3 is 5.97 Å². The van der Waals surface area contributed by atoms with Crippen LogP contribution in [0.5, 0.6) is 11.5 Å². The molecule has 1 heterocycles. The molecule has 0 fully saturated rings. The van der Waals surface area contributed by atoms with Crippen molar-refractivity contribution < 1.29 is 33.4 Å². The number of hydrogen-bond acceptors (Lipinski definition) is 8. The van der Waals surface area contributed by atoms with Crippen LogP contribution in [0.3, 0.4) is 0 Å². The van der Waals surface area contributed by atoms with E-state index in [1.807, 2.05) is 26.0 Å². The van der Waals surface area contributed by atoms with E-state index in [-0.39, 0.29) is 12.4 Å². The molecule has 34 heavy (non-hydrogen) atoms. The van der Waals surface area contributed by atoms with Crippen molar-refractivity contribution in [3.8, 4) is 11.5 Å². The van der Waals surface area contributed by atoms with Gasteiger partial charge in [-0.2, -0.15) is 0 Å². The van der Waals surface area contributed by atoms with Crippen LogP contribution in [0.25, 0.3) is 0 Å². The normalized spacial score (nSPS) is 11.4. The average molecular weight is 470 g/mol. The summed E-state index contributed by atoms with van der Waals surface area (Å²) in [6.07, 6.45) is 0. The molecule has 0 saturated carbocycles. The molecule has 1 aliphatic rings. The predicted octanol–water partition coefficient (Wildman–Crippen LogP) is 0.996. The number of esters is 1. The molecule has 11 nitrogen and oxygen atoms in total. The summed E-state index contributed by atoms with van der Waals surface area (Å²) >= 11 is 0. The van der Waals surface area contributed by atoms with E-state index >= 15 is 0 Å². The van der Waals surface area contributed by atoms with Crippen molar-refractivity contribution in [2.45, 2.75) is 13.8 Å². The Labute approximate surface area is 196 Å². The number of amides is 3. The van der Waals surface area contributed by atoms with Crippen molar-refractivity contribution in [1.29, 1.82) is 0 Å². The predicted molar refractivity (Wildman–Crippen MR) is 121 cm³/mol. The molecule has 3 N–H and O–H groups in total. The fourth-order valence-electron chi connectivity index (χ4n) is 3.14. The van der Waals surface area contributed by atoms with Gasteiger partial charge in [0.1, 0.15) is 6.54 Å². The van der Waals surface area contributed by atoms with E-state index in [1.54, 1.807) is 18.2 Å². The highest BCUT2D eigenvalue weighted by molar-refractivity contribution is 5.97. The van der Waals surface area contributed by atoms with Crippen molar-refractivity contribution >= 4 is 29.4 Å². The molecular formula is C23H26N4O7. The van der Waals surface area contributed by atoms with E-state index in [9.17, 15) is 19.2 Å². The summed E-state index contributed by atoms with van der Waals surface area (Å²) in [5.41, 5.74) is 6.06. The van der Waals surface area contributed by atoms with Crippen LogP contribution in [0, 0.1) is 0 Å². The molecule has 0 aromatic heterocycles. The molecule has 1 aliphatic heterocycles. The minimum atomic E-state index is -0.817. The Hall–Kier alpha value is -4.28. The molecule has 3 amide bonds. The summed E-state index contributed by atoms with van der Waals surface area (Å²) in [4.78, 5) is 50.1. The lowest BCUT2D eigenvalue weighted by Gasteiger charge is -2.21. The summed E-state index contributed by atoms with van der Waals surface area (Å²) in [7, 11) is 0. The molecule has 11 heteroatoms. The minimum absolute atomic E-state index is 0.0815. The van der Waals surface area contributed by atoms with Gasteiger partial charge < -0.3 is 24.4 Å². The Morgan fingerprint density at radius 2 is 1.56 bits per heavy atom. The Kier molecular flexibility index (Phi) is 8.27. The zero-order valence-corrected chi connectivity index (χ0v) is 18.9. The maximum atomic E-state index is 12.2. The number of rotatable bonds is 9. The molecule has 0 atom stereocenters. The van der Waals surface area contributed by atoms with Gasteiger partial charge in [-0.3, -0.25) is 30.0 Å². The highest BCUT2D eigenvalue weighted by Gasteiger charge is 2.17. The first-order valence-electron chi connectivity index (χ1n) is 10.7. The van der Waals surface area contributed by atoms with Crippen LogP contribution in [0.15, 0.2) is 42.5 Å². The molecular weight excluding hydrogens is 444 g/mol. The molecule has 2 aromatic carbocycles. The molecule has 0 radical (unpaired) electrons. The number of carbonyl (C=O) groups is 4. The Morgan fingerprint density at radius 3 is 2.26 bits per heavy atom. The van der Waals surface area contributed by atoms with Crippen LogP contribution in [0.1, 0.15) is 34.6 Å². The summed E-state index contributed by atoms with van der Waals surface area (Å²) < 4.78 is 15.2. The standard InChI is InChI=1S/C23H26N4O7/c1-3-27(4-2)17-8-5-15(6-9-17)23(31)26-25-20(28)13-32-21(29)12-24-22(30)16-7-10-18-19(11-16)34-14-33-18/h5-11H,3-4,12-14H2,1-2H3,(H,24,30)(H,25,28)(H,26,31). The van der Waals surface area contributed by atoms with Crippen LogP contribution >= 0.6 is 0 Å². The second-order valence-electron chi connectivity index (χ2n) is 7.13. The first kappa shape index (κ1) is 24.4. The van der Waals surface area contributed by atoms with Gasteiger partial charge in [-0.05, 0) is 56.3 Å². The van der Waals surface area contributed by atoms with Gasteiger partial charge in [0.05, 0.1) is 0 Å². The molecule has 0 saturated heterocycles. The topological polar surface area (TPSA) is 135 Å². The number of carbonyl (C=O) groups excluding carboxylic acids is 4. The third kappa shape index (κ3) is 6.37. The SMILES string of the molecule is CCN(CC)c1ccc(C(=O)NNC(=O)COC(=O)CNC(=O)c2ccc3c(c2)OCO3)cc1. The number of anilines is 1. The highest BCUT2D eigenvalue weighted by Crippen LogP contribution is 2.32. The molecule has 180 valence electrons. The zero-order chi connectivity index (χ0) is 24.5. The lowest BCUT2D eigenvalue weighted by molar-refractivity contribution is -0.147. The Bertz CT molecular complexity index is 1050. The van der Waals surface area contributed by atoms with E-state index in [2.05, 4.69) is 21.1 Å². The second kappa shape index (κ2) is 11.5. The summed E-state index contributed by atoms with van der Waals surface area (Å²) in [6.45, 7) is 4.79. The van der Waals surface area contributed by atoms with E-state index in [4.69, 9.17) is 14.2 Å². The molecule has 2 aromatic rings. The van der Waals surface area contributed by atoms with Crippen molar-refractivity contribution in [3.63, 3.8) is 0 Å². The van der Waals surface area contributed by atoms with E-state index in [1.165, 1.54) is 12.1 Å². The maximum Gasteiger partial charge on any atom is 0.325 e. The van der Waals surface area contributed by atoms with Crippen LogP contribution < -0.4 is 30.5 Å². The number of ether oxygens (including phenoxy) is 3. The average Bonchev–Trinajstić information content (AvgIpc) is 3.33. The number of hydrazine groups is 1. The van der Waals surface area contributed by atoms with Gasteiger partial charge in [-0.25, -0.2) is 0 Å². The van der Waals surface area contributed by atoms with Crippen molar-refractivity contribution in [3.05, 3.63) is 53.6 Å². The Balaban J connectivity index is 1.36. The molecule has 0 bridgehead atoms. The second-order valence-corrected chi connectivity index (χ2v) is 7.13. The largest absolute Gasteiger partial charge is 0.454 e. The summed E-state index contributed by atoms with van der Waals surface area (Å²) in [5.74, 6) is -1.61. The summed E-state index contributed by atoms with van der Waals surface area (Å²) in [5, 5.41) is 2.39. The first-order chi connectivity index (χ1) is 16.4. The maximum absolute atomic E-state index is 12.2. The summed E-state index contributed by atoms with van der Waals surface area (Å²) in [6, 6.07) is 11.6. The van der Waals surface area contributed by atoms with Gasteiger partial charge in [-0.15, -0.1) is 0 Å². The fraction of sp³-hybridized carbons (Fsp3) is 0.304. The molecule has 0 unspecified atom stereocenters. The van der Waals surface area contributed by atoms with Crippen molar-refractivity contribution in [2.24, 2.45) is 0 Å². The van der Waals surface area contributed by atoms with E-state index < -0.39 is 36.8 Å². The number of nitrogens with one attached hydrogen (secondary N) is 3.